The third-order valence-electron chi connectivity index (χ3n) is 2.80. The van der Waals surface area contributed by atoms with Crippen molar-refractivity contribution in [2.24, 2.45) is 0 Å². The van der Waals surface area contributed by atoms with Crippen LogP contribution in [0.15, 0.2) is 60.7 Å². The third-order valence-corrected chi connectivity index (χ3v) is 2.80. The summed E-state index contributed by atoms with van der Waals surface area (Å²) < 4.78 is 0. The van der Waals surface area contributed by atoms with Crippen molar-refractivity contribution < 1.29 is 4.79 Å². The Morgan fingerprint density at radius 1 is 1.10 bits per heavy atom. The van der Waals surface area contributed by atoms with Crippen LogP contribution in [-0.2, 0) is 11.3 Å². The molecule has 0 aliphatic carbocycles. The molecule has 0 radical (unpaired) electrons. The second-order valence-corrected chi connectivity index (χ2v) is 4.46. The fourth-order valence-electron chi connectivity index (χ4n) is 1.88. The molecule has 0 unspecified atom stereocenters. The van der Waals surface area contributed by atoms with E-state index >= 15 is 0 Å². The fourth-order valence-corrected chi connectivity index (χ4v) is 1.88. The van der Waals surface area contributed by atoms with E-state index in [4.69, 9.17) is 0 Å². The summed E-state index contributed by atoms with van der Waals surface area (Å²) in [5.41, 5.74) is 2.95. The maximum atomic E-state index is 11.8. The van der Waals surface area contributed by atoms with Gasteiger partial charge < -0.3 is 10.6 Å². The Morgan fingerprint density at radius 3 is 2.65 bits per heavy atom. The van der Waals surface area contributed by atoms with Gasteiger partial charge in [-0.05, 0) is 36.4 Å². The summed E-state index contributed by atoms with van der Waals surface area (Å²) in [6.07, 6.45) is 3.34. The molecule has 0 saturated heterocycles. The molecule has 0 spiro atoms. The van der Waals surface area contributed by atoms with Crippen molar-refractivity contribution in [3.63, 3.8) is 0 Å². The van der Waals surface area contributed by atoms with Crippen molar-refractivity contribution in [2.45, 2.75) is 6.54 Å². The average Bonchev–Trinajstić information content (AvgIpc) is 2.47. The van der Waals surface area contributed by atoms with Gasteiger partial charge in [-0.15, -0.1) is 0 Å². The number of amides is 1. The highest BCUT2D eigenvalue weighted by Crippen LogP contribution is 2.10. The van der Waals surface area contributed by atoms with E-state index < -0.39 is 0 Å². The largest absolute Gasteiger partial charge is 0.323 e. The Hall–Kier alpha value is -2.39. The molecule has 2 aromatic carbocycles. The predicted molar refractivity (Wildman–Crippen MR) is 83.3 cm³/mol. The lowest BCUT2D eigenvalue weighted by molar-refractivity contribution is -0.111. The van der Waals surface area contributed by atoms with Crippen LogP contribution in [-0.4, -0.2) is 13.0 Å². The molecule has 0 saturated carbocycles. The molecule has 102 valence electrons. The van der Waals surface area contributed by atoms with Crippen LogP contribution in [0.2, 0.25) is 0 Å². The molecule has 0 bridgehead atoms. The van der Waals surface area contributed by atoms with Crippen LogP contribution >= 0.6 is 0 Å². The van der Waals surface area contributed by atoms with Gasteiger partial charge in [-0.2, -0.15) is 0 Å². The summed E-state index contributed by atoms with van der Waals surface area (Å²) in [4.78, 5) is 11.8. The molecule has 1 amide bonds. The highest BCUT2D eigenvalue weighted by atomic mass is 16.1. The first-order valence-electron chi connectivity index (χ1n) is 6.55. The minimum absolute atomic E-state index is 0.129. The minimum Gasteiger partial charge on any atom is -0.323 e. The molecule has 20 heavy (non-hydrogen) atoms. The first kappa shape index (κ1) is 14.0. The third kappa shape index (κ3) is 4.37. The van der Waals surface area contributed by atoms with Crippen LogP contribution < -0.4 is 10.6 Å². The Bertz CT molecular complexity index is 591. The van der Waals surface area contributed by atoms with E-state index in [0.29, 0.717) is 0 Å². The lowest BCUT2D eigenvalue weighted by Gasteiger charge is -2.05. The zero-order chi connectivity index (χ0) is 14.2. The molecule has 2 rings (SSSR count). The molecule has 2 N–H and O–H groups in total. The Balaban J connectivity index is 1.97. The van der Waals surface area contributed by atoms with Gasteiger partial charge in [-0.1, -0.05) is 42.5 Å². The van der Waals surface area contributed by atoms with E-state index in [1.54, 1.807) is 12.2 Å². The predicted octanol–water partition coefficient (Wildman–Crippen LogP) is 3.06. The second-order valence-electron chi connectivity index (χ2n) is 4.46. The van der Waals surface area contributed by atoms with Crippen molar-refractivity contribution in [1.82, 2.24) is 5.32 Å². The second kappa shape index (κ2) is 7.26. The van der Waals surface area contributed by atoms with Crippen molar-refractivity contribution in [3.05, 3.63) is 71.8 Å². The van der Waals surface area contributed by atoms with Crippen LogP contribution in [0.4, 0.5) is 5.69 Å². The van der Waals surface area contributed by atoms with Gasteiger partial charge in [0.05, 0.1) is 0 Å². The molecule has 0 aromatic heterocycles. The molecule has 0 atom stereocenters. The molecule has 2 aromatic rings. The highest BCUT2D eigenvalue weighted by molar-refractivity contribution is 6.01. The summed E-state index contributed by atoms with van der Waals surface area (Å²) in [5.74, 6) is -0.129. The van der Waals surface area contributed by atoms with Crippen molar-refractivity contribution >= 4 is 17.7 Å². The average molecular weight is 266 g/mol. The van der Waals surface area contributed by atoms with Gasteiger partial charge in [0.15, 0.2) is 0 Å². The maximum Gasteiger partial charge on any atom is 0.248 e. The van der Waals surface area contributed by atoms with E-state index in [-0.39, 0.29) is 5.91 Å². The van der Waals surface area contributed by atoms with Gasteiger partial charge >= 0.3 is 0 Å². The van der Waals surface area contributed by atoms with E-state index in [1.807, 2.05) is 61.6 Å². The SMILES string of the molecule is CNCc1cccc(NC(=O)/C=C/c2ccccc2)c1. The zero-order valence-corrected chi connectivity index (χ0v) is 11.5. The standard InChI is InChI=1S/C17H18N2O/c1-18-13-15-8-5-9-16(12-15)19-17(20)11-10-14-6-3-2-4-7-14/h2-12,18H,13H2,1H3,(H,19,20)/b11-10+. The van der Waals surface area contributed by atoms with Crippen LogP contribution in [0.1, 0.15) is 11.1 Å². The normalized spacial score (nSPS) is 10.7. The zero-order valence-electron chi connectivity index (χ0n) is 11.5. The number of carbonyl (C=O) groups is 1. The molecule has 3 nitrogen and oxygen atoms in total. The molecular formula is C17H18N2O. The summed E-state index contributed by atoms with van der Waals surface area (Å²) in [5, 5.41) is 5.94. The lowest BCUT2D eigenvalue weighted by atomic mass is 10.2. The number of benzene rings is 2. The monoisotopic (exact) mass is 266 g/mol. The summed E-state index contributed by atoms with van der Waals surface area (Å²) in [6, 6.07) is 17.5. The van der Waals surface area contributed by atoms with Gasteiger partial charge in [0, 0.05) is 18.3 Å². The van der Waals surface area contributed by atoms with E-state index in [0.717, 1.165) is 23.4 Å². The molecule has 0 heterocycles. The summed E-state index contributed by atoms with van der Waals surface area (Å²) >= 11 is 0. The number of rotatable bonds is 5. The number of hydrogen-bond acceptors (Lipinski definition) is 2. The van der Waals surface area contributed by atoms with Crippen LogP contribution in [0.25, 0.3) is 6.08 Å². The first-order chi connectivity index (χ1) is 9.78. The van der Waals surface area contributed by atoms with Crippen LogP contribution in [0, 0.1) is 0 Å². The van der Waals surface area contributed by atoms with Gasteiger partial charge in [0.2, 0.25) is 5.91 Å². The Morgan fingerprint density at radius 2 is 1.90 bits per heavy atom. The highest BCUT2D eigenvalue weighted by Gasteiger charge is 1.99. The molecular weight excluding hydrogens is 248 g/mol. The minimum atomic E-state index is -0.129. The Labute approximate surface area is 119 Å². The maximum absolute atomic E-state index is 11.8. The summed E-state index contributed by atoms with van der Waals surface area (Å²) in [7, 11) is 1.90. The lowest BCUT2D eigenvalue weighted by Crippen LogP contribution is -2.09. The van der Waals surface area contributed by atoms with Crippen molar-refractivity contribution in [1.29, 1.82) is 0 Å². The number of carbonyl (C=O) groups excluding carboxylic acids is 1. The van der Waals surface area contributed by atoms with Gasteiger partial charge in [-0.3, -0.25) is 4.79 Å². The van der Waals surface area contributed by atoms with Crippen LogP contribution in [0.3, 0.4) is 0 Å². The molecule has 0 aliphatic rings. The molecule has 0 fully saturated rings. The van der Waals surface area contributed by atoms with E-state index in [1.165, 1.54) is 0 Å². The number of anilines is 1. The molecule has 0 aliphatic heterocycles. The van der Waals surface area contributed by atoms with Gasteiger partial charge in [0.25, 0.3) is 0 Å². The van der Waals surface area contributed by atoms with Gasteiger partial charge in [-0.25, -0.2) is 0 Å². The number of nitrogens with one attached hydrogen (secondary N) is 2. The number of hydrogen-bond donors (Lipinski definition) is 2. The van der Waals surface area contributed by atoms with E-state index in [9.17, 15) is 4.79 Å². The fraction of sp³-hybridized carbons (Fsp3) is 0.118. The topological polar surface area (TPSA) is 41.1 Å². The van der Waals surface area contributed by atoms with Crippen LogP contribution in [0.5, 0.6) is 0 Å². The molecule has 3 heteroatoms. The van der Waals surface area contributed by atoms with E-state index in [2.05, 4.69) is 10.6 Å². The Kier molecular flexibility index (Phi) is 5.09. The smallest absolute Gasteiger partial charge is 0.248 e. The summed E-state index contributed by atoms with van der Waals surface area (Å²) in [6.45, 7) is 0.781. The quantitative estimate of drug-likeness (QED) is 0.817. The van der Waals surface area contributed by atoms with Crippen molar-refractivity contribution in [2.75, 3.05) is 12.4 Å². The van der Waals surface area contributed by atoms with Crippen molar-refractivity contribution in [3.8, 4) is 0 Å². The first-order valence-corrected chi connectivity index (χ1v) is 6.55. The van der Waals surface area contributed by atoms with Gasteiger partial charge in [0.1, 0.15) is 0 Å².